The minimum atomic E-state index is -0.237. The molecule has 4 aromatic rings. The molecule has 6 nitrogen and oxygen atoms in total. The quantitative estimate of drug-likeness (QED) is 0.372. The number of carbonyl (C=O) groups excluding carboxylic acids is 1. The first-order valence-corrected chi connectivity index (χ1v) is 12.4. The summed E-state index contributed by atoms with van der Waals surface area (Å²) >= 11 is 3.27. The van der Waals surface area contributed by atoms with E-state index in [4.69, 9.17) is 14.2 Å². The summed E-state index contributed by atoms with van der Waals surface area (Å²) in [4.78, 5) is 17.3. The molecule has 8 heteroatoms. The van der Waals surface area contributed by atoms with Crippen molar-refractivity contribution in [2.24, 2.45) is 0 Å². The third-order valence-electron chi connectivity index (χ3n) is 5.39. The number of hydrogen-bond acceptors (Lipinski definition) is 7. The highest BCUT2D eigenvalue weighted by molar-refractivity contribution is 7.21. The second kappa shape index (κ2) is 9.44. The number of benzene rings is 2. The number of ether oxygens (including phenoxy) is 3. The molecule has 0 bridgehead atoms. The van der Waals surface area contributed by atoms with Crippen LogP contribution >= 0.6 is 22.7 Å². The molecule has 2 aromatic carbocycles. The first-order valence-electron chi connectivity index (χ1n) is 10.7. The van der Waals surface area contributed by atoms with Gasteiger partial charge in [0.25, 0.3) is 5.91 Å². The van der Waals surface area contributed by atoms with Crippen LogP contribution in [-0.4, -0.2) is 36.8 Å². The Hall–Kier alpha value is -2.68. The van der Waals surface area contributed by atoms with Gasteiger partial charge in [0.05, 0.1) is 31.7 Å². The van der Waals surface area contributed by atoms with Crippen molar-refractivity contribution in [3.63, 3.8) is 0 Å². The summed E-state index contributed by atoms with van der Waals surface area (Å²) in [5, 5.41) is 6.93. The molecule has 0 spiro atoms. The summed E-state index contributed by atoms with van der Waals surface area (Å²) < 4.78 is 19.8. The molecule has 5 rings (SSSR count). The number of nitrogens with zero attached hydrogens (tertiary/aromatic N) is 1. The van der Waals surface area contributed by atoms with Crippen LogP contribution in [0.5, 0.6) is 11.5 Å². The van der Waals surface area contributed by atoms with E-state index in [1.807, 2.05) is 48.7 Å². The maximum Gasteiger partial charge on any atom is 0.262 e. The molecule has 2 aromatic heterocycles. The van der Waals surface area contributed by atoms with Gasteiger partial charge in [0.1, 0.15) is 18.1 Å². The largest absolute Gasteiger partial charge is 0.489 e. The molecule has 1 aliphatic heterocycles. The van der Waals surface area contributed by atoms with E-state index in [1.165, 1.54) is 0 Å². The Bertz CT molecular complexity index is 1240. The molecule has 3 heterocycles. The van der Waals surface area contributed by atoms with Gasteiger partial charge in [0, 0.05) is 18.1 Å². The smallest absolute Gasteiger partial charge is 0.262 e. The molecule has 1 saturated heterocycles. The Kier molecular flexibility index (Phi) is 6.25. The van der Waals surface area contributed by atoms with Crippen LogP contribution in [0.2, 0.25) is 0 Å². The fourth-order valence-corrected chi connectivity index (χ4v) is 5.69. The van der Waals surface area contributed by atoms with Crippen LogP contribution in [0.4, 0.5) is 5.69 Å². The lowest BCUT2D eigenvalue weighted by Crippen LogP contribution is -2.26. The highest BCUT2D eigenvalue weighted by Crippen LogP contribution is 2.38. The monoisotopic (exact) mass is 468 g/mol. The number of para-hydroxylation sites is 2. The van der Waals surface area contributed by atoms with Crippen molar-refractivity contribution in [3.8, 4) is 11.5 Å². The lowest BCUT2D eigenvalue weighted by molar-refractivity contribution is -0.118. The highest BCUT2D eigenvalue weighted by atomic mass is 32.1. The minimum Gasteiger partial charge on any atom is -0.489 e. The summed E-state index contributed by atoms with van der Waals surface area (Å²) in [5.41, 5.74) is 1.63. The number of nitrogens with one attached hydrogen (secondary N) is 1. The number of aryl methyl sites for hydroxylation is 1. The number of anilines is 1. The zero-order valence-electron chi connectivity index (χ0n) is 17.8. The number of aromatic nitrogens is 1. The van der Waals surface area contributed by atoms with Crippen LogP contribution in [0, 0.1) is 6.92 Å². The second-order valence-electron chi connectivity index (χ2n) is 7.75. The van der Waals surface area contributed by atoms with Gasteiger partial charge in [-0.3, -0.25) is 4.79 Å². The van der Waals surface area contributed by atoms with Crippen molar-refractivity contribution >= 4 is 54.6 Å². The van der Waals surface area contributed by atoms with Gasteiger partial charge >= 0.3 is 0 Å². The van der Waals surface area contributed by atoms with Gasteiger partial charge in [-0.05, 0) is 49.8 Å². The highest BCUT2D eigenvalue weighted by Gasteiger charge is 2.17. The van der Waals surface area contributed by atoms with E-state index in [0.717, 1.165) is 51.2 Å². The lowest BCUT2D eigenvalue weighted by Gasteiger charge is -2.23. The van der Waals surface area contributed by atoms with E-state index in [0.29, 0.717) is 23.8 Å². The number of thiophene rings is 1. The van der Waals surface area contributed by atoms with Crippen LogP contribution in [-0.2, 0) is 9.53 Å². The Morgan fingerprint density at radius 3 is 3.00 bits per heavy atom. The zero-order valence-corrected chi connectivity index (χ0v) is 19.4. The average molecular weight is 469 g/mol. The SMILES string of the molecule is Cc1nc2c(cc(OCC(=O)Nc3ccccc3OCC3CCCCO3)c3ccsc32)s1. The lowest BCUT2D eigenvalue weighted by atomic mass is 10.1. The maximum absolute atomic E-state index is 12.7. The van der Waals surface area contributed by atoms with Crippen LogP contribution in [0.15, 0.2) is 41.8 Å². The van der Waals surface area contributed by atoms with Crippen molar-refractivity contribution in [1.29, 1.82) is 0 Å². The Morgan fingerprint density at radius 2 is 2.12 bits per heavy atom. The average Bonchev–Trinajstić information content (AvgIpc) is 3.43. The summed E-state index contributed by atoms with van der Waals surface area (Å²) in [6.45, 7) is 3.17. The molecule has 0 saturated carbocycles. The number of hydrogen-bond donors (Lipinski definition) is 1. The van der Waals surface area contributed by atoms with Crippen molar-refractivity contribution in [1.82, 2.24) is 4.98 Å². The van der Waals surface area contributed by atoms with Gasteiger partial charge in [-0.2, -0.15) is 0 Å². The number of amides is 1. The second-order valence-corrected chi connectivity index (χ2v) is 9.90. The van der Waals surface area contributed by atoms with E-state index in [9.17, 15) is 4.79 Å². The Morgan fingerprint density at radius 1 is 1.22 bits per heavy atom. The molecular weight excluding hydrogens is 444 g/mol. The first-order chi connectivity index (χ1) is 15.7. The van der Waals surface area contributed by atoms with E-state index in [1.54, 1.807) is 22.7 Å². The molecule has 1 amide bonds. The van der Waals surface area contributed by atoms with Gasteiger partial charge in [-0.1, -0.05) is 12.1 Å². The van der Waals surface area contributed by atoms with Crippen LogP contribution in [0.1, 0.15) is 24.3 Å². The van der Waals surface area contributed by atoms with Crippen LogP contribution in [0.3, 0.4) is 0 Å². The summed E-state index contributed by atoms with van der Waals surface area (Å²) in [5.74, 6) is 1.10. The van der Waals surface area contributed by atoms with Gasteiger partial charge in [-0.25, -0.2) is 4.98 Å². The predicted octanol–water partition coefficient (Wildman–Crippen LogP) is 5.78. The molecule has 32 heavy (non-hydrogen) atoms. The van der Waals surface area contributed by atoms with E-state index in [-0.39, 0.29) is 18.6 Å². The van der Waals surface area contributed by atoms with Crippen LogP contribution in [0.25, 0.3) is 20.3 Å². The summed E-state index contributed by atoms with van der Waals surface area (Å²) in [6.07, 6.45) is 3.38. The molecule has 1 N–H and O–H groups in total. The molecule has 0 aliphatic carbocycles. The fourth-order valence-electron chi connectivity index (χ4n) is 3.85. The molecule has 1 unspecified atom stereocenters. The summed E-state index contributed by atoms with van der Waals surface area (Å²) in [6, 6.07) is 11.4. The standard InChI is InChI=1S/C24H24N2O4S2/c1-15-25-23-21(32-15)12-20(17-9-11-31-24(17)23)30-14-22(27)26-18-7-2-3-8-19(18)29-13-16-6-4-5-10-28-16/h2-3,7-9,11-12,16H,4-6,10,13-14H2,1H3,(H,26,27). The normalized spacial score (nSPS) is 16.3. The molecular formula is C24H24N2O4S2. The molecule has 0 radical (unpaired) electrons. The fraction of sp³-hybridized carbons (Fsp3) is 0.333. The van der Waals surface area contributed by atoms with Crippen molar-refractivity contribution in [2.75, 3.05) is 25.1 Å². The van der Waals surface area contributed by atoms with E-state index in [2.05, 4.69) is 10.3 Å². The van der Waals surface area contributed by atoms with Crippen molar-refractivity contribution in [2.45, 2.75) is 32.3 Å². The van der Waals surface area contributed by atoms with E-state index < -0.39 is 0 Å². The number of rotatable bonds is 7. The predicted molar refractivity (Wildman–Crippen MR) is 129 cm³/mol. The Balaban J connectivity index is 1.25. The number of fused-ring (bicyclic) bond motifs is 3. The van der Waals surface area contributed by atoms with Gasteiger partial charge in [0.2, 0.25) is 0 Å². The number of thiazole rings is 1. The minimum absolute atomic E-state index is 0.0890. The Labute approximate surface area is 194 Å². The zero-order chi connectivity index (χ0) is 21.9. The van der Waals surface area contributed by atoms with Crippen LogP contribution < -0.4 is 14.8 Å². The third kappa shape index (κ3) is 4.57. The van der Waals surface area contributed by atoms with E-state index >= 15 is 0 Å². The first kappa shape index (κ1) is 21.2. The van der Waals surface area contributed by atoms with Crippen molar-refractivity contribution in [3.05, 3.63) is 46.8 Å². The maximum atomic E-state index is 12.7. The van der Waals surface area contributed by atoms with Gasteiger partial charge in [0.15, 0.2) is 6.61 Å². The van der Waals surface area contributed by atoms with Gasteiger partial charge < -0.3 is 19.5 Å². The molecule has 1 fully saturated rings. The number of carbonyl (C=O) groups is 1. The summed E-state index contributed by atoms with van der Waals surface area (Å²) in [7, 11) is 0. The van der Waals surface area contributed by atoms with Crippen molar-refractivity contribution < 1.29 is 19.0 Å². The topological polar surface area (TPSA) is 69.7 Å². The molecule has 166 valence electrons. The third-order valence-corrected chi connectivity index (χ3v) is 7.23. The molecule has 1 atom stereocenters. The molecule has 1 aliphatic rings. The van der Waals surface area contributed by atoms with Gasteiger partial charge in [-0.15, -0.1) is 22.7 Å².